The molecule has 4 nitrogen and oxygen atoms in total. The molecule has 78 valence electrons. The first-order valence-corrected chi connectivity index (χ1v) is 3.74. The van der Waals surface area contributed by atoms with Crippen molar-refractivity contribution >= 4 is 12.8 Å². The molecule has 0 aliphatic heterocycles. The second kappa shape index (κ2) is 9.41. The number of aryl methyl sites for hydroxylation is 1. The van der Waals surface area contributed by atoms with Crippen LogP contribution in [0.4, 0.5) is 0 Å². The SMILES string of the molecule is C=O.CO.Cc1ccccc1C(=O)O. The second-order valence-electron chi connectivity index (χ2n) is 2.12. The lowest BCUT2D eigenvalue weighted by Crippen LogP contribution is -1.97. The molecule has 0 amide bonds. The lowest BCUT2D eigenvalue weighted by Gasteiger charge is -1.96. The molecule has 0 atom stereocenters. The zero-order valence-electron chi connectivity index (χ0n) is 8.23. The van der Waals surface area contributed by atoms with E-state index >= 15 is 0 Å². The molecule has 0 radical (unpaired) electrons. The van der Waals surface area contributed by atoms with E-state index in [1.54, 1.807) is 25.1 Å². The monoisotopic (exact) mass is 198 g/mol. The van der Waals surface area contributed by atoms with Gasteiger partial charge in [0.1, 0.15) is 6.79 Å². The fraction of sp³-hybridized carbons (Fsp3) is 0.200. The molecule has 0 bridgehead atoms. The molecule has 0 unspecified atom stereocenters. The van der Waals surface area contributed by atoms with E-state index in [0.717, 1.165) is 12.7 Å². The van der Waals surface area contributed by atoms with E-state index in [9.17, 15) is 4.79 Å². The van der Waals surface area contributed by atoms with Gasteiger partial charge in [-0.25, -0.2) is 4.79 Å². The molecule has 0 fully saturated rings. The summed E-state index contributed by atoms with van der Waals surface area (Å²) in [5, 5.41) is 15.6. The number of carboxylic acid groups (broad SMARTS) is 1. The van der Waals surface area contributed by atoms with E-state index < -0.39 is 5.97 Å². The molecule has 4 heteroatoms. The highest BCUT2D eigenvalue weighted by atomic mass is 16.4. The van der Waals surface area contributed by atoms with E-state index in [-0.39, 0.29) is 0 Å². The minimum atomic E-state index is -0.863. The maximum absolute atomic E-state index is 10.4. The number of aliphatic hydroxyl groups excluding tert-OH is 1. The maximum atomic E-state index is 10.4. The summed E-state index contributed by atoms with van der Waals surface area (Å²) >= 11 is 0. The smallest absolute Gasteiger partial charge is 0.335 e. The fourth-order valence-electron chi connectivity index (χ4n) is 0.813. The third-order valence-electron chi connectivity index (χ3n) is 1.38. The molecule has 1 rings (SSSR count). The summed E-state index contributed by atoms with van der Waals surface area (Å²) in [5.74, 6) is -0.863. The fourth-order valence-corrected chi connectivity index (χ4v) is 0.813. The summed E-state index contributed by atoms with van der Waals surface area (Å²) < 4.78 is 0. The van der Waals surface area contributed by atoms with Gasteiger partial charge in [-0.15, -0.1) is 0 Å². The van der Waals surface area contributed by atoms with Crippen LogP contribution in [-0.2, 0) is 4.79 Å². The number of carbonyl (C=O) groups excluding carboxylic acids is 1. The first-order valence-electron chi connectivity index (χ1n) is 3.74. The van der Waals surface area contributed by atoms with Crippen molar-refractivity contribution in [1.29, 1.82) is 0 Å². The van der Waals surface area contributed by atoms with Crippen LogP contribution >= 0.6 is 0 Å². The van der Waals surface area contributed by atoms with Gasteiger partial charge in [-0.05, 0) is 18.6 Å². The molecule has 0 aliphatic carbocycles. The van der Waals surface area contributed by atoms with Gasteiger partial charge in [0.15, 0.2) is 0 Å². The number of carboxylic acids is 1. The first kappa shape index (κ1) is 14.8. The van der Waals surface area contributed by atoms with Gasteiger partial charge in [0.05, 0.1) is 5.56 Å². The third kappa shape index (κ3) is 5.05. The largest absolute Gasteiger partial charge is 0.478 e. The molecule has 0 saturated carbocycles. The molecular weight excluding hydrogens is 184 g/mol. The Hall–Kier alpha value is -1.68. The Morgan fingerprint density at radius 1 is 1.21 bits per heavy atom. The van der Waals surface area contributed by atoms with Crippen LogP contribution in [-0.4, -0.2) is 30.1 Å². The Kier molecular flexibility index (Phi) is 9.96. The van der Waals surface area contributed by atoms with E-state index in [4.69, 9.17) is 15.0 Å². The van der Waals surface area contributed by atoms with Crippen LogP contribution in [0.5, 0.6) is 0 Å². The van der Waals surface area contributed by atoms with E-state index in [0.29, 0.717) is 5.56 Å². The van der Waals surface area contributed by atoms with E-state index in [1.807, 2.05) is 12.9 Å². The molecule has 0 heterocycles. The Morgan fingerprint density at radius 2 is 1.64 bits per heavy atom. The average Bonchev–Trinajstić information content (AvgIpc) is 2.24. The summed E-state index contributed by atoms with van der Waals surface area (Å²) in [6.07, 6.45) is 0. The Labute approximate surface area is 82.8 Å². The Morgan fingerprint density at radius 3 is 1.93 bits per heavy atom. The lowest BCUT2D eigenvalue weighted by molar-refractivity contribution is -0.0980. The van der Waals surface area contributed by atoms with Crippen LogP contribution in [0.15, 0.2) is 24.3 Å². The minimum absolute atomic E-state index is 0.377. The van der Waals surface area contributed by atoms with Crippen molar-refractivity contribution in [3.8, 4) is 0 Å². The number of hydrogen-bond acceptors (Lipinski definition) is 3. The van der Waals surface area contributed by atoms with E-state index in [2.05, 4.69) is 0 Å². The molecule has 2 N–H and O–H groups in total. The number of hydrogen-bond donors (Lipinski definition) is 2. The average molecular weight is 198 g/mol. The summed E-state index contributed by atoms with van der Waals surface area (Å²) in [6, 6.07) is 6.92. The number of rotatable bonds is 1. The van der Waals surface area contributed by atoms with E-state index in [1.165, 1.54) is 0 Å². The third-order valence-corrected chi connectivity index (χ3v) is 1.38. The van der Waals surface area contributed by atoms with Gasteiger partial charge in [-0.2, -0.15) is 0 Å². The molecule has 0 aromatic heterocycles. The summed E-state index contributed by atoms with van der Waals surface area (Å²) in [4.78, 5) is 18.4. The highest BCUT2D eigenvalue weighted by Crippen LogP contribution is 2.05. The molecule has 14 heavy (non-hydrogen) atoms. The molecule has 0 spiro atoms. The maximum Gasteiger partial charge on any atom is 0.335 e. The standard InChI is InChI=1S/C8H8O2.CH4O.CH2O/c1-6-4-2-3-5-7(6)8(9)10;2*1-2/h2-5H,1H3,(H,9,10);2H,1H3;1H2. The summed E-state index contributed by atoms with van der Waals surface area (Å²) in [5.41, 5.74) is 1.18. The van der Waals surface area contributed by atoms with Crippen molar-refractivity contribution in [2.75, 3.05) is 7.11 Å². The zero-order valence-corrected chi connectivity index (χ0v) is 8.23. The van der Waals surface area contributed by atoms with Crippen molar-refractivity contribution in [1.82, 2.24) is 0 Å². The summed E-state index contributed by atoms with van der Waals surface area (Å²) in [7, 11) is 1.00. The van der Waals surface area contributed by atoms with Crippen molar-refractivity contribution < 1.29 is 19.8 Å². The van der Waals surface area contributed by atoms with Crippen molar-refractivity contribution in [3.05, 3.63) is 35.4 Å². The van der Waals surface area contributed by atoms with Crippen LogP contribution in [0, 0.1) is 6.92 Å². The zero-order chi connectivity index (χ0) is 11.6. The Balaban J connectivity index is 0. The van der Waals surface area contributed by atoms with Gasteiger partial charge < -0.3 is 15.0 Å². The van der Waals surface area contributed by atoms with Crippen LogP contribution in [0.3, 0.4) is 0 Å². The van der Waals surface area contributed by atoms with Gasteiger partial charge in [0, 0.05) is 7.11 Å². The predicted molar refractivity (Wildman–Crippen MR) is 53.4 cm³/mol. The number of aliphatic hydroxyl groups is 1. The lowest BCUT2D eigenvalue weighted by atomic mass is 10.1. The van der Waals surface area contributed by atoms with Gasteiger partial charge in [-0.1, -0.05) is 18.2 Å². The number of carbonyl (C=O) groups is 2. The molecule has 1 aromatic rings. The van der Waals surface area contributed by atoms with Crippen LogP contribution in [0.25, 0.3) is 0 Å². The second-order valence-corrected chi connectivity index (χ2v) is 2.12. The van der Waals surface area contributed by atoms with Crippen molar-refractivity contribution in [2.24, 2.45) is 0 Å². The van der Waals surface area contributed by atoms with Gasteiger partial charge in [0.25, 0.3) is 0 Å². The highest BCUT2D eigenvalue weighted by molar-refractivity contribution is 5.89. The normalized spacial score (nSPS) is 7.36. The Bertz CT molecular complexity index is 271. The first-order chi connectivity index (χ1) is 6.72. The van der Waals surface area contributed by atoms with Gasteiger partial charge >= 0.3 is 5.97 Å². The topological polar surface area (TPSA) is 74.6 Å². The van der Waals surface area contributed by atoms with Gasteiger partial charge in [-0.3, -0.25) is 0 Å². The summed E-state index contributed by atoms with van der Waals surface area (Å²) in [6.45, 7) is 3.78. The molecule has 0 saturated heterocycles. The highest BCUT2D eigenvalue weighted by Gasteiger charge is 2.02. The van der Waals surface area contributed by atoms with Crippen LogP contribution in [0.2, 0.25) is 0 Å². The molecule has 0 aliphatic rings. The quantitative estimate of drug-likeness (QED) is 0.709. The number of benzene rings is 1. The van der Waals surface area contributed by atoms with Crippen molar-refractivity contribution in [3.63, 3.8) is 0 Å². The van der Waals surface area contributed by atoms with Crippen LogP contribution < -0.4 is 0 Å². The molecular formula is C10H14O4. The number of aromatic carboxylic acids is 1. The van der Waals surface area contributed by atoms with Crippen molar-refractivity contribution in [2.45, 2.75) is 6.92 Å². The van der Waals surface area contributed by atoms with Crippen LogP contribution in [0.1, 0.15) is 15.9 Å². The minimum Gasteiger partial charge on any atom is -0.478 e. The molecule has 1 aromatic carbocycles. The van der Waals surface area contributed by atoms with Gasteiger partial charge in [0.2, 0.25) is 0 Å². The predicted octanol–water partition coefficient (Wildman–Crippen LogP) is 1.12.